The second-order valence-electron chi connectivity index (χ2n) is 8.53. The predicted octanol–water partition coefficient (Wildman–Crippen LogP) is 3.27. The van der Waals surface area contributed by atoms with Gasteiger partial charge in [0.05, 0.1) is 29.2 Å². The molecule has 2 aromatic rings. The maximum atomic E-state index is 13.2. The molecule has 0 radical (unpaired) electrons. The molecule has 0 N–H and O–H groups in total. The third-order valence-corrected chi connectivity index (χ3v) is 8.57. The molecule has 0 aromatic heterocycles. The van der Waals surface area contributed by atoms with E-state index in [-0.39, 0.29) is 35.9 Å². The fourth-order valence-corrected chi connectivity index (χ4v) is 7.01. The van der Waals surface area contributed by atoms with Gasteiger partial charge >= 0.3 is 0 Å². The van der Waals surface area contributed by atoms with Crippen LogP contribution in [0.15, 0.2) is 34.5 Å². The molecule has 0 spiro atoms. The molecule has 33 heavy (non-hydrogen) atoms. The Morgan fingerprint density at radius 1 is 1.15 bits per heavy atom. The Bertz CT molecular complexity index is 1320. The van der Waals surface area contributed by atoms with E-state index in [4.69, 9.17) is 18.9 Å². The summed E-state index contributed by atoms with van der Waals surface area (Å²) in [6, 6.07) is 7.20. The summed E-state index contributed by atoms with van der Waals surface area (Å²) < 4.78 is 47.7. The van der Waals surface area contributed by atoms with Crippen molar-refractivity contribution in [2.45, 2.75) is 25.6 Å². The molecule has 4 aliphatic heterocycles. The molecule has 6 rings (SSSR count). The van der Waals surface area contributed by atoms with Crippen LogP contribution in [0.25, 0.3) is 6.08 Å². The molecule has 0 saturated carbocycles. The summed E-state index contributed by atoms with van der Waals surface area (Å²) in [4.78, 5) is 15.2. The molecule has 10 heteroatoms. The molecule has 0 amide bonds. The van der Waals surface area contributed by atoms with Gasteiger partial charge < -0.3 is 18.9 Å². The summed E-state index contributed by atoms with van der Waals surface area (Å²) in [5.74, 6) is 2.11. The van der Waals surface area contributed by atoms with Crippen LogP contribution in [0, 0.1) is 0 Å². The number of sulfone groups is 1. The van der Waals surface area contributed by atoms with Crippen LogP contribution in [0.3, 0.4) is 0 Å². The fraction of sp³-hybridized carbons (Fsp3) is 0.348. The van der Waals surface area contributed by atoms with Gasteiger partial charge in [-0.1, -0.05) is 15.9 Å². The van der Waals surface area contributed by atoms with Gasteiger partial charge in [-0.05, 0) is 36.8 Å². The van der Waals surface area contributed by atoms with E-state index in [0.717, 1.165) is 21.2 Å². The molecule has 172 valence electrons. The zero-order valence-electron chi connectivity index (χ0n) is 17.5. The minimum Gasteiger partial charge on any atom is -0.478 e. The SMILES string of the molecule is O=C1/C(=C\c2cc(Br)cc3c2OCOC3)Oc2c1ccc1c2CN(C2CCS(=O)(=O)C2)CO1. The smallest absolute Gasteiger partial charge is 0.231 e. The summed E-state index contributed by atoms with van der Waals surface area (Å²) in [7, 11) is -3.01. The summed E-state index contributed by atoms with van der Waals surface area (Å²) in [5, 5.41) is 0. The van der Waals surface area contributed by atoms with E-state index in [9.17, 15) is 13.2 Å². The molecule has 4 aliphatic rings. The lowest BCUT2D eigenvalue weighted by molar-refractivity contribution is -0.0165. The van der Waals surface area contributed by atoms with E-state index >= 15 is 0 Å². The van der Waals surface area contributed by atoms with Crippen molar-refractivity contribution in [1.29, 1.82) is 0 Å². The standard InChI is InChI=1S/C23H20BrNO7S/c24-15-5-13(22-14(6-15)9-29-12-31-22)7-20-21(26)17-1-2-19-18(23(17)32-20)8-25(11-30-19)16-3-4-33(27,28)10-16/h1-2,5-7,16H,3-4,8-12H2/b20-7+. The van der Waals surface area contributed by atoms with Gasteiger partial charge in [0, 0.05) is 28.2 Å². The minimum atomic E-state index is -3.01. The number of halogens is 1. The van der Waals surface area contributed by atoms with Crippen LogP contribution in [0.4, 0.5) is 0 Å². The first kappa shape index (κ1) is 21.2. The van der Waals surface area contributed by atoms with Gasteiger partial charge in [-0.2, -0.15) is 0 Å². The van der Waals surface area contributed by atoms with E-state index < -0.39 is 9.84 Å². The second-order valence-corrected chi connectivity index (χ2v) is 11.7. The van der Waals surface area contributed by atoms with Gasteiger partial charge in [0.1, 0.15) is 24.0 Å². The largest absolute Gasteiger partial charge is 0.478 e. The number of Topliss-reactive ketones (excluding diaryl/α,β-unsaturated/α-hetero) is 1. The quantitative estimate of drug-likeness (QED) is 0.543. The van der Waals surface area contributed by atoms with Crippen molar-refractivity contribution in [1.82, 2.24) is 4.90 Å². The number of carbonyl (C=O) groups excluding carboxylic acids is 1. The number of hydrogen-bond donors (Lipinski definition) is 0. The molecular formula is C23H20BrNO7S. The Morgan fingerprint density at radius 3 is 2.85 bits per heavy atom. The van der Waals surface area contributed by atoms with Crippen LogP contribution in [0.2, 0.25) is 0 Å². The van der Waals surface area contributed by atoms with Gasteiger partial charge in [0.15, 0.2) is 22.4 Å². The van der Waals surface area contributed by atoms with Crippen LogP contribution < -0.4 is 14.2 Å². The number of fused-ring (bicyclic) bond motifs is 4. The van der Waals surface area contributed by atoms with E-state index in [1.165, 1.54) is 0 Å². The summed E-state index contributed by atoms with van der Waals surface area (Å²) >= 11 is 3.50. The summed E-state index contributed by atoms with van der Waals surface area (Å²) in [6.07, 6.45) is 2.27. The average molecular weight is 534 g/mol. The molecule has 0 aliphatic carbocycles. The first-order valence-electron chi connectivity index (χ1n) is 10.6. The lowest BCUT2D eigenvalue weighted by atomic mass is 10.0. The van der Waals surface area contributed by atoms with Gasteiger partial charge in [0.25, 0.3) is 0 Å². The number of rotatable bonds is 2. The highest BCUT2D eigenvalue weighted by atomic mass is 79.9. The maximum absolute atomic E-state index is 13.2. The fourth-order valence-electron chi connectivity index (χ4n) is 4.73. The normalized spacial score (nSPS) is 24.5. The zero-order valence-corrected chi connectivity index (χ0v) is 19.9. The second kappa shape index (κ2) is 7.83. The topological polar surface area (TPSA) is 91.4 Å². The Hall–Kier alpha value is -2.40. The highest BCUT2D eigenvalue weighted by Gasteiger charge is 2.38. The van der Waals surface area contributed by atoms with Gasteiger partial charge in [0.2, 0.25) is 5.78 Å². The van der Waals surface area contributed by atoms with E-state index in [1.54, 1.807) is 18.2 Å². The summed E-state index contributed by atoms with van der Waals surface area (Å²) in [6.45, 7) is 1.35. The molecule has 1 unspecified atom stereocenters. The Kier molecular flexibility index (Phi) is 5.02. The summed E-state index contributed by atoms with van der Waals surface area (Å²) in [5.41, 5.74) is 2.85. The lowest BCUT2D eigenvalue weighted by Gasteiger charge is -2.33. The maximum Gasteiger partial charge on any atom is 0.231 e. The van der Waals surface area contributed by atoms with Crippen LogP contribution in [0.1, 0.15) is 33.5 Å². The van der Waals surface area contributed by atoms with Crippen molar-refractivity contribution in [3.63, 3.8) is 0 Å². The van der Waals surface area contributed by atoms with E-state index in [1.807, 2.05) is 17.0 Å². The van der Waals surface area contributed by atoms with Gasteiger partial charge in [-0.3, -0.25) is 9.69 Å². The third-order valence-electron chi connectivity index (χ3n) is 6.36. The molecule has 2 aromatic carbocycles. The Labute approximate surface area is 199 Å². The number of nitrogens with zero attached hydrogens (tertiary/aromatic N) is 1. The number of allylic oxidation sites excluding steroid dienone is 1. The predicted molar refractivity (Wildman–Crippen MR) is 122 cm³/mol. The monoisotopic (exact) mass is 533 g/mol. The number of benzene rings is 2. The number of ether oxygens (including phenoxy) is 4. The highest BCUT2D eigenvalue weighted by Crippen LogP contribution is 2.43. The van der Waals surface area contributed by atoms with Gasteiger partial charge in [-0.25, -0.2) is 8.42 Å². The average Bonchev–Trinajstić information content (AvgIpc) is 3.32. The Balaban J connectivity index is 1.33. The van der Waals surface area contributed by atoms with Crippen molar-refractivity contribution < 1.29 is 32.2 Å². The van der Waals surface area contributed by atoms with Crippen LogP contribution in [-0.4, -0.2) is 50.2 Å². The van der Waals surface area contributed by atoms with Crippen molar-refractivity contribution >= 4 is 37.6 Å². The zero-order chi connectivity index (χ0) is 22.7. The molecule has 8 nitrogen and oxygen atoms in total. The lowest BCUT2D eigenvalue weighted by Crippen LogP contribution is -2.41. The van der Waals surface area contributed by atoms with E-state index in [0.29, 0.717) is 49.1 Å². The molecule has 4 heterocycles. The number of hydrogen-bond acceptors (Lipinski definition) is 8. The van der Waals surface area contributed by atoms with Crippen molar-refractivity contribution in [2.75, 3.05) is 25.0 Å². The van der Waals surface area contributed by atoms with E-state index in [2.05, 4.69) is 15.9 Å². The molecule has 1 atom stereocenters. The molecule has 0 bridgehead atoms. The number of carbonyl (C=O) groups is 1. The molecule has 1 saturated heterocycles. The number of ketones is 1. The Morgan fingerprint density at radius 2 is 2.03 bits per heavy atom. The first-order valence-corrected chi connectivity index (χ1v) is 13.2. The highest BCUT2D eigenvalue weighted by molar-refractivity contribution is 9.10. The van der Waals surface area contributed by atoms with Crippen LogP contribution in [-0.2, 0) is 27.7 Å². The van der Waals surface area contributed by atoms with Crippen molar-refractivity contribution in [2.24, 2.45) is 0 Å². The molecule has 1 fully saturated rings. The minimum absolute atomic E-state index is 0.0984. The third kappa shape index (κ3) is 3.74. The first-order chi connectivity index (χ1) is 15.9. The van der Waals surface area contributed by atoms with Crippen LogP contribution in [0.5, 0.6) is 17.2 Å². The molecular weight excluding hydrogens is 514 g/mol. The van der Waals surface area contributed by atoms with Crippen LogP contribution >= 0.6 is 15.9 Å². The van der Waals surface area contributed by atoms with Crippen molar-refractivity contribution in [3.8, 4) is 17.2 Å². The van der Waals surface area contributed by atoms with Crippen molar-refractivity contribution in [3.05, 3.63) is 56.8 Å². The van der Waals surface area contributed by atoms with Gasteiger partial charge in [-0.15, -0.1) is 0 Å².